The van der Waals surface area contributed by atoms with E-state index in [0.29, 0.717) is 10.7 Å². The minimum atomic E-state index is -1.05. The molecule has 3 heterocycles. The van der Waals surface area contributed by atoms with Crippen LogP contribution in [0.5, 0.6) is 0 Å². The fraction of sp³-hybridized carbons (Fsp3) is 0.125. The molecule has 0 aliphatic heterocycles. The smallest absolute Gasteiger partial charge is 0.103 e. The van der Waals surface area contributed by atoms with E-state index in [9.17, 15) is 5.11 Å². The number of fused-ring (bicyclic) bond motifs is 1. The van der Waals surface area contributed by atoms with Crippen molar-refractivity contribution in [3.8, 4) is 26.7 Å². The zero-order valence-corrected chi connectivity index (χ0v) is 18.9. The standard InChI is InChI=1S/C24H19ClN2OS2/c1-24(2,28)23-13-19(27(26-23)18-9-5-4-8-17(18)25)22-12-11-21(30-22)16-14-29-20-10-6-3-7-15(16)20/h3-14,28H,1-2H3. The van der Waals surface area contributed by atoms with Crippen molar-refractivity contribution >= 4 is 44.4 Å². The molecule has 3 aromatic heterocycles. The molecule has 0 saturated carbocycles. The molecule has 5 aromatic rings. The summed E-state index contributed by atoms with van der Waals surface area (Å²) in [6, 6.07) is 22.3. The Balaban J connectivity index is 1.66. The van der Waals surface area contributed by atoms with Crippen LogP contribution in [0.3, 0.4) is 0 Å². The number of aromatic nitrogens is 2. The summed E-state index contributed by atoms with van der Waals surface area (Å²) in [5.41, 5.74) is 2.51. The summed E-state index contributed by atoms with van der Waals surface area (Å²) in [7, 11) is 0. The van der Waals surface area contributed by atoms with E-state index in [0.717, 1.165) is 16.3 Å². The maximum atomic E-state index is 10.6. The zero-order chi connectivity index (χ0) is 20.9. The first kappa shape index (κ1) is 19.5. The molecule has 0 spiro atoms. The number of aliphatic hydroxyl groups is 1. The van der Waals surface area contributed by atoms with Crippen molar-refractivity contribution in [2.45, 2.75) is 19.4 Å². The highest BCUT2D eigenvalue weighted by Gasteiger charge is 2.24. The Labute approximate surface area is 187 Å². The Morgan fingerprint density at radius 2 is 1.70 bits per heavy atom. The van der Waals surface area contributed by atoms with Gasteiger partial charge in [-0.05, 0) is 50.2 Å². The molecule has 30 heavy (non-hydrogen) atoms. The zero-order valence-electron chi connectivity index (χ0n) is 16.5. The quantitative estimate of drug-likeness (QED) is 0.310. The first-order valence-electron chi connectivity index (χ1n) is 9.56. The van der Waals surface area contributed by atoms with Gasteiger partial charge in [0.05, 0.1) is 27.0 Å². The van der Waals surface area contributed by atoms with Gasteiger partial charge in [-0.25, -0.2) is 4.68 Å². The molecule has 150 valence electrons. The fourth-order valence-corrected chi connectivity index (χ4v) is 5.74. The Kier molecular flexibility index (Phi) is 4.79. The number of hydrogen-bond donors (Lipinski definition) is 1. The van der Waals surface area contributed by atoms with Crippen molar-refractivity contribution in [1.82, 2.24) is 9.78 Å². The topological polar surface area (TPSA) is 38.0 Å². The van der Waals surface area contributed by atoms with Gasteiger partial charge in [0, 0.05) is 25.9 Å². The van der Waals surface area contributed by atoms with Crippen LogP contribution in [-0.2, 0) is 5.60 Å². The summed E-state index contributed by atoms with van der Waals surface area (Å²) in [5.74, 6) is 0. The molecule has 0 aliphatic rings. The van der Waals surface area contributed by atoms with Crippen LogP contribution in [0.1, 0.15) is 19.5 Å². The molecule has 0 fully saturated rings. The van der Waals surface area contributed by atoms with Crippen molar-refractivity contribution in [2.24, 2.45) is 0 Å². The molecular weight excluding hydrogens is 432 g/mol. The van der Waals surface area contributed by atoms with Gasteiger partial charge in [-0.3, -0.25) is 0 Å². The second kappa shape index (κ2) is 7.36. The Bertz CT molecular complexity index is 1360. The highest BCUT2D eigenvalue weighted by atomic mass is 35.5. The normalized spacial score (nSPS) is 12.0. The average Bonchev–Trinajstić information content (AvgIpc) is 3.45. The van der Waals surface area contributed by atoms with Gasteiger partial charge in [-0.2, -0.15) is 5.10 Å². The molecular formula is C24H19ClN2OS2. The minimum Gasteiger partial charge on any atom is -0.384 e. The maximum absolute atomic E-state index is 10.6. The van der Waals surface area contributed by atoms with Crippen molar-refractivity contribution in [3.05, 3.63) is 82.8 Å². The second-order valence-corrected chi connectivity index (χ2v) is 10.0. The molecule has 0 unspecified atom stereocenters. The highest BCUT2D eigenvalue weighted by Crippen LogP contribution is 2.41. The van der Waals surface area contributed by atoms with Gasteiger partial charge in [0.25, 0.3) is 0 Å². The third-order valence-corrected chi connectivity index (χ3v) is 7.45. The first-order chi connectivity index (χ1) is 14.4. The minimum absolute atomic E-state index is 0.605. The summed E-state index contributed by atoms with van der Waals surface area (Å²) < 4.78 is 3.12. The summed E-state index contributed by atoms with van der Waals surface area (Å²) >= 11 is 9.96. The van der Waals surface area contributed by atoms with E-state index in [1.165, 1.54) is 20.5 Å². The second-order valence-electron chi connectivity index (χ2n) is 7.65. The fourth-order valence-electron chi connectivity index (χ4n) is 3.45. The van der Waals surface area contributed by atoms with Crippen LogP contribution >= 0.6 is 34.3 Å². The Morgan fingerprint density at radius 3 is 2.50 bits per heavy atom. The highest BCUT2D eigenvalue weighted by molar-refractivity contribution is 7.20. The van der Waals surface area contributed by atoms with Gasteiger partial charge in [-0.1, -0.05) is 41.9 Å². The van der Waals surface area contributed by atoms with Crippen LogP contribution in [0.25, 0.3) is 36.8 Å². The van der Waals surface area contributed by atoms with Gasteiger partial charge in [-0.15, -0.1) is 22.7 Å². The van der Waals surface area contributed by atoms with Crippen molar-refractivity contribution in [3.63, 3.8) is 0 Å². The number of benzene rings is 2. The molecule has 0 amide bonds. The van der Waals surface area contributed by atoms with Crippen LogP contribution in [0, 0.1) is 0 Å². The van der Waals surface area contributed by atoms with E-state index in [-0.39, 0.29) is 0 Å². The van der Waals surface area contributed by atoms with Gasteiger partial charge >= 0.3 is 0 Å². The first-order valence-corrected chi connectivity index (χ1v) is 11.6. The number of hydrogen-bond acceptors (Lipinski definition) is 4. The van der Waals surface area contributed by atoms with E-state index >= 15 is 0 Å². The number of rotatable bonds is 4. The van der Waals surface area contributed by atoms with E-state index in [4.69, 9.17) is 16.7 Å². The summed E-state index contributed by atoms with van der Waals surface area (Å²) in [6.45, 7) is 3.49. The average molecular weight is 451 g/mol. The summed E-state index contributed by atoms with van der Waals surface area (Å²) in [5, 5.41) is 19.4. The van der Waals surface area contributed by atoms with Crippen molar-refractivity contribution in [2.75, 3.05) is 0 Å². The van der Waals surface area contributed by atoms with Crippen LogP contribution in [0.4, 0.5) is 0 Å². The largest absolute Gasteiger partial charge is 0.384 e. The lowest BCUT2D eigenvalue weighted by atomic mass is 10.1. The maximum Gasteiger partial charge on any atom is 0.103 e. The molecule has 0 aliphatic carbocycles. The predicted octanol–water partition coefficient (Wildman–Crippen LogP) is 7.36. The lowest BCUT2D eigenvalue weighted by Gasteiger charge is -2.13. The molecule has 3 nitrogen and oxygen atoms in total. The third kappa shape index (κ3) is 3.38. The molecule has 5 rings (SSSR count). The molecule has 1 N–H and O–H groups in total. The summed E-state index contributed by atoms with van der Waals surface area (Å²) in [6.07, 6.45) is 0. The SMILES string of the molecule is CC(C)(O)c1cc(-c2ccc(-c3csc4ccccc34)s2)n(-c2ccccc2Cl)n1. The van der Waals surface area contributed by atoms with Gasteiger partial charge in [0.15, 0.2) is 0 Å². The van der Waals surface area contributed by atoms with E-state index in [1.54, 1.807) is 36.5 Å². The number of nitrogens with zero attached hydrogens (tertiary/aromatic N) is 2. The molecule has 6 heteroatoms. The Hall–Kier alpha value is -2.44. The monoisotopic (exact) mass is 450 g/mol. The van der Waals surface area contributed by atoms with E-state index in [1.807, 2.05) is 35.0 Å². The molecule has 0 radical (unpaired) electrons. The van der Waals surface area contributed by atoms with Gasteiger partial charge in [0.1, 0.15) is 5.60 Å². The number of halogens is 1. The lowest BCUT2D eigenvalue weighted by molar-refractivity contribution is 0.0734. The van der Waals surface area contributed by atoms with Gasteiger partial charge < -0.3 is 5.11 Å². The van der Waals surface area contributed by atoms with Crippen LogP contribution in [-0.4, -0.2) is 14.9 Å². The van der Waals surface area contributed by atoms with E-state index in [2.05, 4.69) is 41.8 Å². The van der Waals surface area contributed by atoms with Crippen LogP contribution in [0.15, 0.2) is 72.1 Å². The molecule has 0 bridgehead atoms. The van der Waals surface area contributed by atoms with E-state index < -0.39 is 5.60 Å². The van der Waals surface area contributed by atoms with Crippen LogP contribution in [0.2, 0.25) is 5.02 Å². The predicted molar refractivity (Wildman–Crippen MR) is 128 cm³/mol. The third-order valence-electron chi connectivity index (χ3n) is 5.02. The Morgan fingerprint density at radius 1 is 0.967 bits per heavy atom. The number of thiophene rings is 2. The van der Waals surface area contributed by atoms with Crippen molar-refractivity contribution < 1.29 is 5.11 Å². The molecule has 0 saturated heterocycles. The number of para-hydroxylation sites is 1. The van der Waals surface area contributed by atoms with Gasteiger partial charge in [0.2, 0.25) is 0 Å². The molecule has 0 atom stereocenters. The molecule has 2 aromatic carbocycles. The van der Waals surface area contributed by atoms with Crippen molar-refractivity contribution in [1.29, 1.82) is 0 Å². The summed E-state index contributed by atoms with van der Waals surface area (Å²) in [4.78, 5) is 2.28. The van der Waals surface area contributed by atoms with Crippen LogP contribution < -0.4 is 0 Å². The lowest BCUT2D eigenvalue weighted by Crippen LogP contribution is -2.16.